The number of unbranched alkanes of at least 4 members (excludes halogenated alkanes) is 8. The molecule has 0 radical (unpaired) electrons. The normalized spacial score (nSPS) is 12.1. The van der Waals surface area contributed by atoms with Gasteiger partial charge in [0.15, 0.2) is 0 Å². The molecule has 0 bridgehead atoms. The summed E-state index contributed by atoms with van der Waals surface area (Å²) in [6.45, 7) is 4.34. The average molecular weight is 411 g/mol. The molecule has 0 fully saturated rings. The summed E-state index contributed by atoms with van der Waals surface area (Å²) in [7, 11) is 0. The lowest BCUT2D eigenvalue weighted by Crippen LogP contribution is -2.25. The van der Waals surface area contributed by atoms with Gasteiger partial charge in [-0.2, -0.15) is 10.2 Å². The van der Waals surface area contributed by atoms with E-state index in [9.17, 15) is 9.59 Å². The highest BCUT2D eigenvalue weighted by atomic mass is 16.2. The van der Waals surface area contributed by atoms with Gasteiger partial charge in [-0.3, -0.25) is 0 Å². The summed E-state index contributed by atoms with van der Waals surface area (Å²) < 4.78 is 0. The lowest BCUT2D eigenvalue weighted by molar-refractivity contribution is 0.248. The molecule has 29 heavy (non-hydrogen) atoms. The highest BCUT2D eigenvalue weighted by molar-refractivity contribution is 5.86. The highest BCUT2D eigenvalue weighted by Gasteiger charge is 2.04. The summed E-state index contributed by atoms with van der Waals surface area (Å²) in [5.74, 6) is 0. The van der Waals surface area contributed by atoms with E-state index >= 15 is 0 Å². The van der Waals surface area contributed by atoms with Gasteiger partial charge in [-0.1, -0.05) is 58.8 Å². The van der Waals surface area contributed by atoms with Crippen molar-refractivity contribution in [1.29, 1.82) is 0 Å². The van der Waals surface area contributed by atoms with Crippen molar-refractivity contribution in [3.8, 4) is 0 Å². The molecule has 0 atom stereocenters. The number of carbonyl (C=O) groups is 2. The maximum absolute atomic E-state index is 10.9. The van der Waals surface area contributed by atoms with Gasteiger partial charge in [-0.15, -0.1) is 0 Å². The summed E-state index contributed by atoms with van der Waals surface area (Å²) in [5.41, 5.74) is 17.0. The van der Waals surface area contributed by atoms with Crippen LogP contribution in [0.1, 0.15) is 110 Å². The molecule has 0 aliphatic rings. The molecule has 0 aliphatic carbocycles. The lowest BCUT2D eigenvalue weighted by atomic mass is 10.0. The maximum atomic E-state index is 10.9. The summed E-state index contributed by atoms with van der Waals surface area (Å²) in [5, 5.41) is 8.31. The minimum absolute atomic E-state index is 0.611. The molecule has 0 aromatic heterocycles. The second-order valence-corrected chi connectivity index (χ2v) is 7.49. The Labute approximate surface area is 176 Å². The van der Waals surface area contributed by atoms with Gasteiger partial charge in [0.25, 0.3) is 0 Å². The Morgan fingerprint density at radius 2 is 0.897 bits per heavy atom. The average Bonchev–Trinajstić information content (AvgIpc) is 2.68. The van der Waals surface area contributed by atoms with Crippen molar-refractivity contribution in [3.05, 3.63) is 0 Å². The molecule has 168 valence electrons. The van der Waals surface area contributed by atoms with Gasteiger partial charge < -0.3 is 11.5 Å². The molecule has 4 amide bonds. The van der Waals surface area contributed by atoms with Crippen LogP contribution in [0.4, 0.5) is 9.59 Å². The predicted octanol–water partition coefficient (Wildman–Crippen LogP) is 4.93. The number of hydrogen-bond acceptors (Lipinski definition) is 4. The Hall–Kier alpha value is -2.12. The van der Waals surface area contributed by atoms with Gasteiger partial charge in [0.05, 0.1) is 0 Å². The van der Waals surface area contributed by atoms with Crippen LogP contribution < -0.4 is 22.3 Å². The van der Waals surface area contributed by atoms with Crippen LogP contribution in [-0.4, -0.2) is 23.5 Å². The van der Waals surface area contributed by atoms with Gasteiger partial charge in [0, 0.05) is 11.4 Å². The SMILES string of the molecule is CCCCCC(CCCCCCCC(CCCCC)=NNC(N)=O)=NNC(N)=O. The molecule has 0 saturated heterocycles. The fourth-order valence-electron chi connectivity index (χ4n) is 3.09. The van der Waals surface area contributed by atoms with Crippen molar-refractivity contribution >= 4 is 23.5 Å². The number of nitrogens with two attached hydrogens (primary N) is 2. The Morgan fingerprint density at radius 1 is 0.586 bits per heavy atom. The van der Waals surface area contributed by atoms with Crippen LogP contribution in [0.5, 0.6) is 0 Å². The molecule has 0 saturated carbocycles. The topological polar surface area (TPSA) is 135 Å². The first-order valence-electron chi connectivity index (χ1n) is 11.2. The van der Waals surface area contributed by atoms with Crippen LogP contribution in [0, 0.1) is 0 Å². The summed E-state index contributed by atoms with van der Waals surface area (Å²) >= 11 is 0. The summed E-state index contributed by atoms with van der Waals surface area (Å²) in [6.07, 6.45) is 16.0. The van der Waals surface area contributed by atoms with E-state index in [1.54, 1.807) is 0 Å². The standard InChI is InChI=1S/C21H42N6O2/c1-3-5-10-14-18(24-26-20(22)28)16-12-8-7-9-13-17-19(15-11-6-4-2)25-27-21(23)29/h3-17H2,1-2H3,(H3,22,26,28)(H3,23,27,29). The molecule has 0 spiro atoms. The first kappa shape index (κ1) is 26.9. The molecule has 8 heteroatoms. The van der Waals surface area contributed by atoms with Crippen molar-refractivity contribution in [3.63, 3.8) is 0 Å². The van der Waals surface area contributed by atoms with Crippen molar-refractivity contribution in [1.82, 2.24) is 10.9 Å². The number of hydrogen-bond donors (Lipinski definition) is 4. The molecule has 0 aromatic rings. The van der Waals surface area contributed by atoms with Crippen molar-refractivity contribution < 1.29 is 9.59 Å². The van der Waals surface area contributed by atoms with Crippen molar-refractivity contribution in [2.45, 2.75) is 110 Å². The zero-order valence-electron chi connectivity index (χ0n) is 18.5. The molecule has 0 unspecified atom stereocenters. The number of carbonyl (C=O) groups excluding carboxylic acids is 2. The van der Waals surface area contributed by atoms with Gasteiger partial charge in [-0.05, 0) is 51.4 Å². The molecule has 0 rings (SSSR count). The number of primary amides is 2. The summed E-state index contributed by atoms with van der Waals surface area (Å²) in [6, 6.07) is -1.22. The van der Waals surface area contributed by atoms with E-state index in [2.05, 4.69) is 34.9 Å². The van der Waals surface area contributed by atoms with Gasteiger partial charge in [-0.25, -0.2) is 20.4 Å². The third-order valence-corrected chi connectivity index (χ3v) is 4.72. The third-order valence-electron chi connectivity index (χ3n) is 4.72. The van der Waals surface area contributed by atoms with Crippen LogP contribution in [0.15, 0.2) is 10.2 Å². The van der Waals surface area contributed by atoms with Crippen LogP contribution in [-0.2, 0) is 0 Å². The molecule has 0 aromatic carbocycles. The molecular weight excluding hydrogens is 368 g/mol. The lowest BCUT2D eigenvalue weighted by Gasteiger charge is -2.08. The number of rotatable bonds is 18. The zero-order valence-corrected chi connectivity index (χ0v) is 18.5. The highest BCUT2D eigenvalue weighted by Crippen LogP contribution is 2.13. The fourth-order valence-corrected chi connectivity index (χ4v) is 3.09. The molecule has 8 nitrogen and oxygen atoms in total. The van der Waals surface area contributed by atoms with E-state index in [1.807, 2.05) is 0 Å². The Balaban J connectivity index is 4.09. The minimum atomic E-state index is -0.611. The van der Waals surface area contributed by atoms with Gasteiger partial charge >= 0.3 is 12.1 Å². The molecule has 0 heterocycles. The first-order chi connectivity index (χ1) is 14.0. The van der Waals surface area contributed by atoms with E-state index in [1.165, 1.54) is 12.8 Å². The molecule has 6 N–H and O–H groups in total. The second-order valence-electron chi connectivity index (χ2n) is 7.49. The van der Waals surface area contributed by atoms with Crippen molar-refractivity contribution in [2.75, 3.05) is 0 Å². The van der Waals surface area contributed by atoms with E-state index in [4.69, 9.17) is 11.5 Å². The Kier molecular flexibility index (Phi) is 17.8. The van der Waals surface area contributed by atoms with Crippen LogP contribution >= 0.6 is 0 Å². The largest absolute Gasteiger partial charge is 0.350 e. The maximum Gasteiger partial charge on any atom is 0.332 e. The van der Waals surface area contributed by atoms with E-state index in [0.717, 1.165) is 94.9 Å². The first-order valence-corrected chi connectivity index (χ1v) is 11.2. The smallest absolute Gasteiger partial charge is 0.332 e. The molecular formula is C21H42N6O2. The summed E-state index contributed by atoms with van der Waals surface area (Å²) in [4.78, 5) is 21.7. The fraction of sp³-hybridized carbons (Fsp3) is 0.810. The molecule has 0 aliphatic heterocycles. The van der Waals surface area contributed by atoms with Gasteiger partial charge in [0.2, 0.25) is 0 Å². The number of hydrazone groups is 2. The van der Waals surface area contributed by atoms with E-state index < -0.39 is 12.1 Å². The van der Waals surface area contributed by atoms with Crippen LogP contribution in [0.25, 0.3) is 0 Å². The number of urea groups is 2. The number of amides is 4. The quantitative estimate of drug-likeness (QED) is 0.145. The van der Waals surface area contributed by atoms with Crippen molar-refractivity contribution in [2.24, 2.45) is 21.7 Å². The zero-order chi connectivity index (χ0) is 21.7. The third kappa shape index (κ3) is 19.0. The Morgan fingerprint density at radius 3 is 1.21 bits per heavy atom. The van der Waals surface area contributed by atoms with Crippen LogP contribution in [0.2, 0.25) is 0 Å². The minimum Gasteiger partial charge on any atom is -0.350 e. The predicted molar refractivity (Wildman–Crippen MR) is 121 cm³/mol. The van der Waals surface area contributed by atoms with E-state index in [0.29, 0.717) is 0 Å². The Bertz CT molecular complexity index is 461. The van der Waals surface area contributed by atoms with E-state index in [-0.39, 0.29) is 0 Å². The second kappa shape index (κ2) is 19.2. The number of nitrogens with one attached hydrogen (secondary N) is 2. The van der Waals surface area contributed by atoms with Crippen LogP contribution in [0.3, 0.4) is 0 Å². The number of nitrogens with zero attached hydrogens (tertiary/aromatic N) is 2. The monoisotopic (exact) mass is 410 g/mol. The van der Waals surface area contributed by atoms with Gasteiger partial charge in [0.1, 0.15) is 0 Å².